The smallest absolute Gasteiger partial charge is 0.0576 e. The number of halogens is 1. The van der Waals surface area contributed by atoms with E-state index >= 15 is 0 Å². The fourth-order valence-electron chi connectivity index (χ4n) is 1.97. The standard InChI is InChI=1S/C11H21NO.ClH/c1-11(12)6-4-10(5-7-11)13-8-9-2-3-9;/h9-10H,2-8,12H2,1H3;1H/t10-,11-;. The maximum absolute atomic E-state index is 6.05. The molecule has 0 radical (unpaired) electrons. The molecule has 14 heavy (non-hydrogen) atoms. The Morgan fingerprint density at radius 1 is 1.21 bits per heavy atom. The molecule has 2 rings (SSSR count). The Morgan fingerprint density at radius 3 is 2.29 bits per heavy atom. The molecule has 0 spiro atoms. The van der Waals surface area contributed by atoms with Crippen LogP contribution < -0.4 is 5.73 Å². The normalized spacial score (nSPS) is 37.7. The van der Waals surface area contributed by atoms with Crippen LogP contribution in [0.3, 0.4) is 0 Å². The average molecular weight is 220 g/mol. The van der Waals surface area contributed by atoms with Crippen LogP contribution in [-0.2, 0) is 4.74 Å². The second-order valence-electron chi connectivity index (χ2n) is 5.13. The minimum absolute atomic E-state index is 0. The van der Waals surface area contributed by atoms with Gasteiger partial charge in [-0.2, -0.15) is 0 Å². The minimum atomic E-state index is 0. The van der Waals surface area contributed by atoms with E-state index < -0.39 is 0 Å². The number of nitrogens with two attached hydrogens (primary N) is 1. The minimum Gasteiger partial charge on any atom is -0.378 e. The quantitative estimate of drug-likeness (QED) is 0.792. The summed E-state index contributed by atoms with van der Waals surface area (Å²) in [6.45, 7) is 3.16. The molecule has 2 fully saturated rings. The Kier molecular flexibility index (Phi) is 4.23. The molecule has 2 aliphatic carbocycles. The lowest BCUT2D eigenvalue weighted by molar-refractivity contribution is 0.00995. The Labute approximate surface area is 93.0 Å². The fraction of sp³-hybridized carbons (Fsp3) is 1.00. The van der Waals surface area contributed by atoms with Gasteiger partial charge in [-0.25, -0.2) is 0 Å². The van der Waals surface area contributed by atoms with Crippen LogP contribution in [-0.4, -0.2) is 18.2 Å². The summed E-state index contributed by atoms with van der Waals surface area (Å²) >= 11 is 0. The highest BCUT2D eigenvalue weighted by molar-refractivity contribution is 5.85. The van der Waals surface area contributed by atoms with Gasteiger partial charge in [0.1, 0.15) is 0 Å². The Balaban J connectivity index is 0.000000980. The van der Waals surface area contributed by atoms with E-state index in [2.05, 4.69) is 6.92 Å². The van der Waals surface area contributed by atoms with Crippen LogP contribution in [0.5, 0.6) is 0 Å². The van der Waals surface area contributed by atoms with Crippen LogP contribution >= 0.6 is 12.4 Å². The summed E-state index contributed by atoms with van der Waals surface area (Å²) in [7, 11) is 0. The molecule has 0 aromatic carbocycles. The van der Waals surface area contributed by atoms with Gasteiger partial charge >= 0.3 is 0 Å². The molecule has 0 aromatic rings. The van der Waals surface area contributed by atoms with Crippen molar-refractivity contribution in [2.24, 2.45) is 11.7 Å². The molecule has 2 nitrogen and oxygen atoms in total. The van der Waals surface area contributed by atoms with Gasteiger partial charge in [-0.1, -0.05) is 0 Å². The zero-order chi connectivity index (χ0) is 9.31. The van der Waals surface area contributed by atoms with Crippen LogP contribution in [0.15, 0.2) is 0 Å². The summed E-state index contributed by atoms with van der Waals surface area (Å²) in [5, 5.41) is 0. The van der Waals surface area contributed by atoms with E-state index in [0.717, 1.165) is 25.4 Å². The third kappa shape index (κ3) is 3.76. The lowest BCUT2D eigenvalue weighted by atomic mass is 9.83. The van der Waals surface area contributed by atoms with Crippen molar-refractivity contribution in [2.75, 3.05) is 6.61 Å². The van der Waals surface area contributed by atoms with Gasteiger partial charge in [-0.3, -0.25) is 0 Å². The SMILES string of the molecule is C[C@]1(N)CC[C@H](OCC2CC2)CC1.Cl. The first-order valence-corrected chi connectivity index (χ1v) is 5.56. The summed E-state index contributed by atoms with van der Waals surface area (Å²) in [5.41, 5.74) is 6.14. The second kappa shape index (κ2) is 4.82. The Hall–Kier alpha value is 0.210. The summed E-state index contributed by atoms with van der Waals surface area (Å²) in [4.78, 5) is 0. The van der Waals surface area contributed by atoms with E-state index in [-0.39, 0.29) is 17.9 Å². The number of ether oxygens (including phenoxy) is 1. The molecular formula is C11H22ClNO. The zero-order valence-electron chi connectivity index (χ0n) is 9.00. The average Bonchev–Trinajstić information content (AvgIpc) is 2.86. The van der Waals surface area contributed by atoms with E-state index in [1.54, 1.807) is 0 Å². The monoisotopic (exact) mass is 219 g/mol. The van der Waals surface area contributed by atoms with Gasteiger partial charge in [0.2, 0.25) is 0 Å². The van der Waals surface area contributed by atoms with Gasteiger partial charge in [0.05, 0.1) is 6.10 Å². The van der Waals surface area contributed by atoms with Crippen molar-refractivity contribution in [3.63, 3.8) is 0 Å². The van der Waals surface area contributed by atoms with Gasteiger partial charge in [0.15, 0.2) is 0 Å². The molecule has 2 aliphatic rings. The van der Waals surface area contributed by atoms with Crippen molar-refractivity contribution in [3.8, 4) is 0 Å². The van der Waals surface area contributed by atoms with Crippen molar-refractivity contribution in [1.29, 1.82) is 0 Å². The molecular weight excluding hydrogens is 198 g/mol. The topological polar surface area (TPSA) is 35.2 Å². The van der Waals surface area contributed by atoms with E-state index in [4.69, 9.17) is 10.5 Å². The van der Waals surface area contributed by atoms with E-state index in [9.17, 15) is 0 Å². The van der Waals surface area contributed by atoms with E-state index in [1.165, 1.54) is 25.7 Å². The summed E-state index contributed by atoms with van der Waals surface area (Å²) in [6.07, 6.45) is 7.88. The molecule has 0 bridgehead atoms. The molecule has 0 aromatic heterocycles. The highest BCUT2D eigenvalue weighted by Crippen LogP contribution is 2.32. The highest BCUT2D eigenvalue weighted by atomic mass is 35.5. The van der Waals surface area contributed by atoms with Crippen LogP contribution in [0, 0.1) is 5.92 Å². The van der Waals surface area contributed by atoms with Gasteiger partial charge in [0.25, 0.3) is 0 Å². The van der Waals surface area contributed by atoms with Crippen molar-refractivity contribution in [2.45, 2.75) is 57.1 Å². The molecule has 2 N–H and O–H groups in total. The van der Waals surface area contributed by atoms with Crippen molar-refractivity contribution in [1.82, 2.24) is 0 Å². The third-order valence-electron chi connectivity index (χ3n) is 3.34. The lowest BCUT2D eigenvalue weighted by Gasteiger charge is -2.34. The van der Waals surface area contributed by atoms with Crippen molar-refractivity contribution >= 4 is 12.4 Å². The zero-order valence-corrected chi connectivity index (χ0v) is 9.81. The van der Waals surface area contributed by atoms with E-state index in [0.29, 0.717) is 6.10 Å². The van der Waals surface area contributed by atoms with Gasteiger partial charge in [-0.15, -0.1) is 12.4 Å². The molecule has 3 heteroatoms. The predicted octanol–water partition coefficient (Wildman–Crippen LogP) is 2.49. The Bertz CT molecular complexity index is 167. The van der Waals surface area contributed by atoms with Crippen molar-refractivity contribution in [3.05, 3.63) is 0 Å². The molecule has 0 amide bonds. The third-order valence-corrected chi connectivity index (χ3v) is 3.34. The first-order chi connectivity index (χ1) is 6.16. The van der Waals surface area contributed by atoms with Crippen LogP contribution in [0.25, 0.3) is 0 Å². The molecule has 2 saturated carbocycles. The Morgan fingerprint density at radius 2 is 1.79 bits per heavy atom. The molecule has 84 valence electrons. The molecule has 0 aliphatic heterocycles. The maximum atomic E-state index is 6.05. The van der Waals surface area contributed by atoms with Gasteiger partial charge in [-0.05, 0) is 51.4 Å². The maximum Gasteiger partial charge on any atom is 0.0576 e. The number of hydrogen-bond donors (Lipinski definition) is 1. The summed E-state index contributed by atoms with van der Waals surface area (Å²) in [5.74, 6) is 0.895. The molecule has 0 atom stereocenters. The highest BCUT2D eigenvalue weighted by Gasteiger charge is 2.29. The number of hydrogen-bond acceptors (Lipinski definition) is 2. The van der Waals surface area contributed by atoms with Crippen LogP contribution in [0.2, 0.25) is 0 Å². The van der Waals surface area contributed by atoms with Crippen LogP contribution in [0.4, 0.5) is 0 Å². The van der Waals surface area contributed by atoms with Crippen LogP contribution in [0.1, 0.15) is 45.4 Å². The second-order valence-corrected chi connectivity index (χ2v) is 5.13. The van der Waals surface area contributed by atoms with Crippen molar-refractivity contribution < 1.29 is 4.74 Å². The number of rotatable bonds is 3. The largest absolute Gasteiger partial charge is 0.378 e. The summed E-state index contributed by atoms with van der Waals surface area (Å²) < 4.78 is 5.84. The first kappa shape index (κ1) is 12.3. The lowest BCUT2D eigenvalue weighted by Crippen LogP contribution is -2.41. The fourth-order valence-corrected chi connectivity index (χ4v) is 1.97. The molecule has 0 unspecified atom stereocenters. The molecule has 0 saturated heterocycles. The summed E-state index contributed by atoms with van der Waals surface area (Å²) in [6, 6.07) is 0. The van der Waals surface area contributed by atoms with Gasteiger partial charge in [0, 0.05) is 12.1 Å². The predicted molar refractivity (Wildman–Crippen MR) is 60.8 cm³/mol. The van der Waals surface area contributed by atoms with Gasteiger partial charge < -0.3 is 10.5 Å². The molecule has 0 heterocycles. The van der Waals surface area contributed by atoms with E-state index in [1.807, 2.05) is 0 Å². The first-order valence-electron chi connectivity index (χ1n) is 5.56.